The van der Waals surface area contributed by atoms with E-state index < -0.39 is 11.7 Å². The number of ether oxygens (including phenoxy) is 1. The van der Waals surface area contributed by atoms with Gasteiger partial charge in [0, 0.05) is 6.20 Å². The highest BCUT2D eigenvalue weighted by atomic mass is 19.4. The number of hydrogen-bond donors (Lipinski definition) is 0. The first-order valence-electron chi connectivity index (χ1n) is 7.33. The van der Waals surface area contributed by atoms with E-state index in [2.05, 4.69) is 5.10 Å². The van der Waals surface area contributed by atoms with Crippen molar-refractivity contribution in [2.45, 2.75) is 19.7 Å². The standard InChI is InChI=1S/C18H15F3N2O/c1-13-9-16(23-11-15(10-22-23)18(19,20)21)7-8-17(13)24-12-14-5-3-2-4-6-14/h2-11H,12H2,1H3. The van der Waals surface area contributed by atoms with Crippen LogP contribution in [-0.4, -0.2) is 9.78 Å². The number of alkyl halides is 3. The third-order valence-corrected chi connectivity index (χ3v) is 3.57. The lowest BCUT2D eigenvalue weighted by Crippen LogP contribution is -2.03. The molecule has 124 valence electrons. The van der Waals surface area contributed by atoms with Gasteiger partial charge < -0.3 is 4.74 Å². The summed E-state index contributed by atoms with van der Waals surface area (Å²) in [5, 5.41) is 3.77. The lowest BCUT2D eigenvalue weighted by Gasteiger charge is -2.11. The van der Waals surface area contributed by atoms with Crippen molar-refractivity contribution in [3.63, 3.8) is 0 Å². The Hall–Kier alpha value is -2.76. The van der Waals surface area contributed by atoms with Crippen LogP contribution in [0.3, 0.4) is 0 Å². The number of benzene rings is 2. The summed E-state index contributed by atoms with van der Waals surface area (Å²) >= 11 is 0. The minimum Gasteiger partial charge on any atom is -0.489 e. The van der Waals surface area contributed by atoms with Crippen molar-refractivity contribution in [1.29, 1.82) is 0 Å². The van der Waals surface area contributed by atoms with Crippen LogP contribution >= 0.6 is 0 Å². The molecule has 24 heavy (non-hydrogen) atoms. The van der Waals surface area contributed by atoms with E-state index in [1.807, 2.05) is 37.3 Å². The Bertz CT molecular complexity index is 826. The zero-order chi connectivity index (χ0) is 17.2. The van der Waals surface area contributed by atoms with E-state index >= 15 is 0 Å². The fourth-order valence-corrected chi connectivity index (χ4v) is 2.28. The smallest absolute Gasteiger partial charge is 0.419 e. The number of rotatable bonds is 4. The van der Waals surface area contributed by atoms with Gasteiger partial charge in [0.05, 0.1) is 17.4 Å². The fourth-order valence-electron chi connectivity index (χ4n) is 2.28. The van der Waals surface area contributed by atoms with Crippen LogP contribution in [0.25, 0.3) is 5.69 Å². The third-order valence-electron chi connectivity index (χ3n) is 3.57. The van der Waals surface area contributed by atoms with Crippen LogP contribution in [0, 0.1) is 6.92 Å². The zero-order valence-corrected chi connectivity index (χ0v) is 12.9. The molecule has 0 fully saturated rings. The van der Waals surface area contributed by atoms with Gasteiger partial charge in [0.1, 0.15) is 12.4 Å². The van der Waals surface area contributed by atoms with E-state index in [9.17, 15) is 13.2 Å². The molecule has 3 nitrogen and oxygen atoms in total. The van der Waals surface area contributed by atoms with E-state index in [0.717, 1.165) is 23.5 Å². The summed E-state index contributed by atoms with van der Waals surface area (Å²) in [5.41, 5.74) is 1.65. The van der Waals surface area contributed by atoms with Crippen molar-refractivity contribution in [1.82, 2.24) is 9.78 Å². The Labute approximate surface area is 137 Å². The number of aromatic nitrogens is 2. The second kappa shape index (κ2) is 6.39. The minimum atomic E-state index is -4.40. The Balaban J connectivity index is 1.76. The topological polar surface area (TPSA) is 27.1 Å². The van der Waals surface area contributed by atoms with E-state index in [0.29, 0.717) is 18.0 Å². The van der Waals surface area contributed by atoms with E-state index in [-0.39, 0.29) is 0 Å². The van der Waals surface area contributed by atoms with Gasteiger partial charge in [-0.25, -0.2) is 4.68 Å². The molecule has 0 atom stereocenters. The van der Waals surface area contributed by atoms with Gasteiger partial charge in [-0.2, -0.15) is 18.3 Å². The summed E-state index contributed by atoms with van der Waals surface area (Å²) in [5.74, 6) is 0.686. The third kappa shape index (κ3) is 3.59. The molecular formula is C18H15F3N2O. The van der Waals surface area contributed by atoms with Gasteiger partial charge in [-0.05, 0) is 36.2 Å². The lowest BCUT2D eigenvalue weighted by molar-refractivity contribution is -0.137. The predicted octanol–water partition coefficient (Wildman–Crippen LogP) is 4.78. The van der Waals surface area contributed by atoms with Crippen molar-refractivity contribution in [2.75, 3.05) is 0 Å². The SMILES string of the molecule is Cc1cc(-n2cc(C(F)(F)F)cn2)ccc1OCc1ccccc1. The van der Waals surface area contributed by atoms with Crippen LogP contribution in [-0.2, 0) is 12.8 Å². The molecule has 3 rings (SSSR count). The highest BCUT2D eigenvalue weighted by Crippen LogP contribution is 2.29. The Morgan fingerprint density at radius 1 is 1.08 bits per heavy atom. The average molecular weight is 332 g/mol. The quantitative estimate of drug-likeness (QED) is 0.687. The first kappa shape index (κ1) is 16.1. The highest BCUT2D eigenvalue weighted by molar-refractivity contribution is 5.43. The summed E-state index contributed by atoms with van der Waals surface area (Å²) in [6.45, 7) is 2.28. The Morgan fingerprint density at radius 2 is 1.83 bits per heavy atom. The lowest BCUT2D eigenvalue weighted by atomic mass is 10.2. The van der Waals surface area contributed by atoms with Crippen molar-refractivity contribution >= 4 is 0 Å². The van der Waals surface area contributed by atoms with Crippen LogP contribution in [0.2, 0.25) is 0 Å². The van der Waals surface area contributed by atoms with Gasteiger partial charge in [0.25, 0.3) is 0 Å². The average Bonchev–Trinajstić information content (AvgIpc) is 3.05. The second-order valence-corrected chi connectivity index (χ2v) is 5.40. The maximum atomic E-state index is 12.6. The Morgan fingerprint density at radius 3 is 2.46 bits per heavy atom. The Kier molecular flexibility index (Phi) is 4.29. The molecule has 1 heterocycles. The molecule has 0 aliphatic carbocycles. The molecule has 0 aliphatic heterocycles. The van der Waals surface area contributed by atoms with Crippen LogP contribution in [0.5, 0.6) is 5.75 Å². The minimum absolute atomic E-state index is 0.432. The molecule has 0 aliphatic rings. The van der Waals surface area contributed by atoms with Crippen molar-refractivity contribution in [3.8, 4) is 11.4 Å². The van der Waals surface area contributed by atoms with Crippen LogP contribution in [0.15, 0.2) is 60.9 Å². The molecule has 0 saturated carbocycles. The monoisotopic (exact) mass is 332 g/mol. The normalized spacial score (nSPS) is 11.5. The molecule has 0 bridgehead atoms. The zero-order valence-electron chi connectivity index (χ0n) is 12.9. The molecule has 0 spiro atoms. The predicted molar refractivity (Wildman–Crippen MR) is 84.1 cm³/mol. The summed E-state index contributed by atoms with van der Waals surface area (Å²) in [6, 6.07) is 14.9. The summed E-state index contributed by atoms with van der Waals surface area (Å²) in [4.78, 5) is 0. The van der Waals surface area contributed by atoms with E-state index in [4.69, 9.17) is 4.74 Å². The van der Waals surface area contributed by atoms with Crippen LogP contribution in [0.1, 0.15) is 16.7 Å². The van der Waals surface area contributed by atoms with Crippen molar-refractivity contribution < 1.29 is 17.9 Å². The molecule has 2 aromatic carbocycles. The van der Waals surface area contributed by atoms with Gasteiger partial charge in [-0.3, -0.25) is 0 Å². The molecule has 0 amide bonds. The fraction of sp³-hybridized carbons (Fsp3) is 0.167. The van der Waals surface area contributed by atoms with Gasteiger partial charge in [0.2, 0.25) is 0 Å². The van der Waals surface area contributed by atoms with Crippen LogP contribution in [0.4, 0.5) is 13.2 Å². The number of aryl methyl sites for hydroxylation is 1. The first-order chi connectivity index (χ1) is 11.4. The highest BCUT2D eigenvalue weighted by Gasteiger charge is 2.32. The summed E-state index contributed by atoms with van der Waals surface area (Å²) in [6.07, 6.45) is -2.61. The molecule has 0 N–H and O–H groups in total. The maximum absolute atomic E-state index is 12.6. The molecule has 0 unspecified atom stereocenters. The number of nitrogens with zero attached hydrogens (tertiary/aromatic N) is 2. The van der Waals surface area contributed by atoms with Gasteiger partial charge >= 0.3 is 6.18 Å². The van der Waals surface area contributed by atoms with Gasteiger partial charge in [0.15, 0.2) is 0 Å². The summed E-state index contributed by atoms with van der Waals surface area (Å²) < 4.78 is 44.9. The van der Waals surface area contributed by atoms with Gasteiger partial charge in [-0.1, -0.05) is 30.3 Å². The van der Waals surface area contributed by atoms with Crippen molar-refractivity contribution in [2.24, 2.45) is 0 Å². The molecule has 0 saturated heterocycles. The first-order valence-corrected chi connectivity index (χ1v) is 7.33. The van der Waals surface area contributed by atoms with Gasteiger partial charge in [-0.15, -0.1) is 0 Å². The second-order valence-electron chi connectivity index (χ2n) is 5.40. The maximum Gasteiger partial charge on any atom is 0.419 e. The van der Waals surface area contributed by atoms with E-state index in [1.54, 1.807) is 18.2 Å². The van der Waals surface area contributed by atoms with Crippen molar-refractivity contribution in [3.05, 3.63) is 77.6 Å². The largest absolute Gasteiger partial charge is 0.489 e. The molecule has 6 heteroatoms. The van der Waals surface area contributed by atoms with E-state index in [1.165, 1.54) is 4.68 Å². The van der Waals surface area contributed by atoms with Crippen LogP contribution < -0.4 is 4.74 Å². The molecule has 1 aromatic heterocycles. The molecular weight excluding hydrogens is 317 g/mol. The molecule has 0 radical (unpaired) electrons. The summed E-state index contributed by atoms with van der Waals surface area (Å²) in [7, 11) is 0. The number of hydrogen-bond acceptors (Lipinski definition) is 2. The number of halogens is 3. The molecule has 3 aromatic rings.